The van der Waals surface area contributed by atoms with Gasteiger partial charge in [-0.15, -0.1) is 0 Å². The van der Waals surface area contributed by atoms with Gasteiger partial charge in [-0.05, 0) is 25.3 Å². The molecule has 1 fully saturated rings. The fraction of sp³-hybridized carbons (Fsp3) is 0.917. The number of nitrogens with zero attached hydrogens (tertiary/aromatic N) is 1. The van der Waals surface area contributed by atoms with E-state index in [9.17, 15) is 0 Å². The van der Waals surface area contributed by atoms with Crippen LogP contribution in [0.4, 0.5) is 0 Å². The number of allylic oxidation sites excluding steroid dienone is 1. The molecule has 1 aliphatic heterocycles. The van der Waals surface area contributed by atoms with Gasteiger partial charge in [-0.25, -0.2) is 4.90 Å². The van der Waals surface area contributed by atoms with Gasteiger partial charge in [-0.1, -0.05) is 91.4 Å². The molecule has 0 amide bonds. The third kappa shape index (κ3) is 13.1. The summed E-state index contributed by atoms with van der Waals surface area (Å²) in [6.45, 7) is 10.7. The maximum atomic E-state index is 2.71. The van der Waals surface area contributed by atoms with Gasteiger partial charge in [0.15, 0.2) is 0 Å². The molecule has 27 heavy (non-hydrogen) atoms. The topological polar surface area (TPSA) is 7.68 Å². The molecule has 0 aromatic heterocycles. The zero-order valence-corrected chi connectivity index (χ0v) is 20.4. The van der Waals surface area contributed by atoms with Crippen molar-refractivity contribution in [3.05, 3.63) is 12.3 Å². The van der Waals surface area contributed by atoms with Crippen LogP contribution >= 0.6 is 0 Å². The lowest BCUT2D eigenvalue weighted by molar-refractivity contribution is -0.867. The monoisotopic (exact) mass is 444 g/mol. The van der Waals surface area contributed by atoms with Crippen LogP contribution in [0.15, 0.2) is 12.3 Å². The molecule has 2 unspecified atom stereocenters. The number of rotatable bonds is 17. The van der Waals surface area contributed by atoms with Crippen LogP contribution in [0.2, 0.25) is 0 Å². The average Bonchev–Trinajstić information content (AvgIpc) is 3.05. The van der Waals surface area contributed by atoms with Gasteiger partial charge in [0.05, 0.1) is 19.3 Å². The van der Waals surface area contributed by atoms with Gasteiger partial charge in [0.25, 0.3) is 0 Å². The quantitative estimate of drug-likeness (QED) is 0.338. The van der Waals surface area contributed by atoms with Gasteiger partial charge < -0.3 is 17.0 Å². The zero-order valence-electron chi connectivity index (χ0n) is 18.8. The number of halogens is 1. The second kappa shape index (κ2) is 19.5. The summed E-state index contributed by atoms with van der Waals surface area (Å²) >= 11 is 0. The van der Waals surface area contributed by atoms with Gasteiger partial charge >= 0.3 is 0 Å². The lowest BCUT2D eigenvalue weighted by atomic mass is 10.1. The van der Waals surface area contributed by atoms with E-state index < -0.39 is 0 Å². The summed E-state index contributed by atoms with van der Waals surface area (Å²) in [4.78, 5) is 4.43. The molecule has 3 heteroatoms. The molecule has 1 N–H and O–H groups in total. The minimum absolute atomic E-state index is 0. The van der Waals surface area contributed by atoms with Gasteiger partial charge in [0, 0.05) is 13.0 Å². The van der Waals surface area contributed by atoms with Crippen LogP contribution in [0.25, 0.3) is 0 Å². The van der Waals surface area contributed by atoms with E-state index in [4.69, 9.17) is 0 Å². The molecule has 1 rings (SSSR count). The normalized spacial score (nSPS) is 20.4. The molecule has 0 aliphatic carbocycles. The summed E-state index contributed by atoms with van der Waals surface area (Å²) in [5, 5.41) is 0. The first-order valence-corrected chi connectivity index (χ1v) is 12.1. The van der Waals surface area contributed by atoms with Gasteiger partial charge in [-0.3, -0.25) is 4.90 Å². The molecule has 0 spiro atoms. The van der Waals surface area contributed by atoms with E-state index >= 15 is 0 Å². The number of likely N-dealkylation sites (N-methyl/N-ethyl adjacent to an activating group) is 1. The molecule has 1 saturated heterocycles. The van der Waals surface area contributed by atoms with E-state index in [2.05, 4.69) is 37.9 Å². The van der Waals surface area contributed by atoms with Crippen molar-refractivity contribution in [2.75, 3.05) is 19.6 Å². The smallest absolute Gasteiger partial charge is 0.148 e. The molecule has 2 nitrogen and oxygen atoms in total. The Hall–Kier alpha value is 0.140. The third-order valence-electron chi connectivity index (χ3n) is 6.10. The van der Waals surface area contributed by atoms with E-state index in [0.717, 1.165) is 6.17 Å². The van der Waals surface area contributed by atoms with E-state index in [1.807, 2.05) is 0 Å². The first kappa shape index (κ1) is 27.1. The third-order valence-corrected chi connectivity index (χ3v) is 6.10. The minimum Gasteiger partial charge on any atom is -1.00 e. The fourth-order valence-corrected chi connectivity index (χ4v) is 4.34. The van der Waals surface area contributed by atoms with Crippen molar-refractivity contribution < 1.29 is 21.9 Å². The molecule has 0 bridgehead atoms. The molecule has 1 aliphatic rings. The largest absolute Gasteiger partial charge is 1.00 e. The van der Waals surface area contributed by atoms with Crippen LogP contribution in [0.5, 0.6) is 0 Å². The summed E-state index contributed by atoms with van der Waals surface area (Å²) in [5.41, 5.74) is 0. The summed E-state index contributed by atoms with van der Waals surface area (Å²) < 4.78 is 0. The van der Waals surface area contributed by atoms with Crippen molar-refractivity contribution in [1.29, 1.82) is 0 Å². The highest BCUT2D eigenvalue weighted by Crippen LogP contribution is 2.12. The summed E-state index contributed by atoms with van der Waals surface area (Å²) in [6.07, 6.45) is 26.8. The number of nitrogens with one attached hydrogen (secondary N) is 1. The number of hydrogen-bond donors (Lipinski definition) is 1. The van der Waals surface area contributed by atoms with Crippen molar-refractivity contribution in [2.45, 2.75) is 123 Å². The molecule has 0 aromatic carbocycles. The zero-order chi connectivity index (χ0) is 18.9. The molecule has 0 radical (unpaired) electrons. The maximum absolute atomic E-state index is 2.71. The highest BCUT2D eigenvalue weighted by Gasteiger charge is 2.32. The lowest BCUT2D eigenvalue weighted by Gasteiger charge is -2.24. The SMILES string of the molecule is CCCCCCCCCC=C[NH+]1CCN(CC)C1CCCCCCCC.[Br-]. The maximum Gasteiger partial charge on any atom is 0.148 e. The average molecular weight is 446 g/mol. The van der Waals surface area contributed by atoms with Crippen LogP contribution in [-0.2, 0) is 0 Å². The standard InChI is InChI=1S/C24H48N2.BrH/c1-4-7-9-11-13-14-15-17-19-21-26-23-22-25(6-3)24(26)20-18-16-12-10-8-5-2;/h19,21,24H,4-18,20,22-23H2,1-3H3;1H. The van der Waals surface area contributed by atoms with Crippen LogP contribution < -0.4 is 21.9 Å². The van der Waals surface area contributed by atoms with Crippen molar-refractivity contribution in [2.24, 2.45) is 0 Å². The van der Waals surface area contributed by atoms with Gasteiger partial charge in [0.1, 0.15) is 6.17 Å². The Bertz CT molecular complexity index is 332. The highest BCUT2D eigenvalue weighted by atomic mass is 79.9. The highest BCUT2D eigenvalue weighted by molar-refractivity contribution is 4.77. The Labute approximate surface area is 181 Å². The number of unbranched alkanes of at least 4 members (excludes halogenated alkanes) is 12. The van der Waals surface area contributed by atoms with E-state index in [0.29, 0.717) is 0 Å². The second-order valence-corrected chi connectivity index (χ2v) is 8.34. The predicted octanol–water partition coefficient (Wildman–Crippen LogP) is 2.94. The molecule has 1 heterocycles. The number of hydrogen-bond acceptors (Lipinski definition) is 1. The van der Waals surface area contributed by atoms with Crippen LogP contribution in [0.3, 0.4) is 0 Å². The van der Waals surface area contributed by atoms with Crippen molar-refractivity contribution in [3.63, 3.8) is 0 Å². The Morgan fingerprint density at radius 3 is 1.93 bits per heavy atom. The van der Waals surface area contributed by atoms with E-state index in [1.54, 1.807) is 4.90 Å². The molecular formula is C24H49BrN2. The van der Waals surface area contributed by atoms with Crippen molar-refractivity contribution in [1.82, 2.24) is 4.90 Å². The Balaban J connectivity index is 0.00000676. The number of quaternary nitrogens is 1. The van der Waals surface area contributed by atoms with Crippen molar-refractivity contribution >= 4 is 0 Å². The van der Waals surface area contributed by atoms with Gasteiger partial charge in [0.2, 0.25) is 0 Å². The van der Waals surface area contributed by atoms with Gasteiger partial charge in [-0.2, -0.15) is 0 Å². The lowest BCUT2D eigenvalue weighted by Crippen LogP contribution is -3.10. The molecule has 0 saturated carbocycles. The Morgan fingerprint density at radius 2 is 1.33 bits per heavy atom. The van der Waals surface area contributed by atoms with Crippen LogP contribution in [0, 0.1) is 0 Å². The predicted molar refractivity (Wildman–Crippen MR) is 117 cm³/mol. The van der Waals surface area contributed by atoms with Crippen molar-refractivity contribution in [3.8, 4) is 0 Å². The van der Waals surface area contributed by atoms with Crippen LogP contribution in [0.1, 0.15) is 117 Å². The molecule has 0 aromatic rings. The fourth-order valence-electron chi connectivity index (χ4n) is 4.34. The summed E-state index contributed by atoms with van der Waals surface area (Å²) in [5.74, 6) is 0. The Morgan fingerprint density at radius 1 is 0.778 bits per heavy atom. The summed E-state index contributed by atoms with van der Waals surface area (Å²) in [6, 6.07) is 0. The van der Waals surface area contributed by atoms with Crippen LogP contribution in [-0.4, -0.2) is 30.7 Å². The van der Waals surface area contributed by atoms with E-state index in [-0.39, 0.29) is 17.0 Å². The molecular weight excluding hydrogens is 396 g/mol. The first-order valence-electron chi connectivity index (χ1n) is 12.1. The molecule has 162 valence electrons. The molecule has 2 atom stereocenters. The van der Waals surface area contributed by atoms with E-state index in [1.165, 1.54) is 116 Å². The summed E-state index contributed by atoms with van der Waals surface area (Å²) in [7, 11) is 0. The second-order valence-electron chi connectivity index (χ2n) is 8.34. The Kier molecular flexibility index (Phi) is 19.6. The minimum atomic E-state index is 0. The first-order chi connectivity index (χ1) is 12.8.